The molecule has 0 saturated carbocycles. The van der Waals surface area contributed by atoms with Gasteiger partial charge in [-0.1, -0.05) is 32.9 Å². The number of amides is 1. The van der Waals surface area contributed by atoms with Gasteiger partial charge in [-0.25, -0.2) is 0 Å². The van der Waals surface area contributed by atoms with E-state index in [1.165, 1.54) is 11.0 Å². The number of nitro benzene ring substituents is 1. The van der Waals surface area contributed by atoms with Gasteiger partial charge in [0.05, 0.1) is 24.0 Å². The Labute approximate surface area is 130 Å². The smallest absolute Gasteiger partial charge is 0.272 e. The van der Waals surface area contributed by atoms with Gasteiger partial charge < -0.3 is 10.0 Å². The van der Waals surface area contributed by atoms with E-state index in [-0.39, 0.29) is 36.1 Å². The van der Waals surface area contributed by atoms with Crippen molar-refractivity contribution < 1.29 is 14.8 Å². The number of nitro groups is 1. The molecule has 1 amide bonds. The molecule has 122 valence electrons. The summed E-state index contributed by atoms with van der Waals surface area (Å²) in [6, 6.07) is 4.43. The van der Waals surface area contributed by atoms with Gasteiger partial charge in [-0.2, -0.15) is 0 Å². The Morgan fingerprint density at radius 3 is 2.45 bits per heavy atom. The molecule has 1 rings (SSSR count). The highest BCUT2D eigenvalue weighted by atomic mass is 16.6. The SMILES string of the molecule is Cc1c(CC(=O)N(C)[C@@H](CO)C(C)(C)C)cccc1[N+](=O)[O-]. The predicted octanol–water partition coefficient (Wildman–Crippen LogP) is 2.31. The molecule has 1 N–H and O–H groups in total. The summed E-state index contributed by atoms with van der Waals surface area (Å²) >= 11 is 0. The van der Waals surface area contributed by atoms with Crippen molar-refractivity contribution in [1.82, 2.24) is 4.90 Å². The van der Waals surface area contributed by atoms with Gasteiger partial charge in [0.15, 0.2) is 0 Å². The fourth-order valence-corrected chi connectivity index (χ4v) is 2.50. The van der Waals surface area contributed by atoms with E-state index in [2.05, 4.69) is 0 Å². The van der Waals surface area contributed by atoms with Gasteiger partial charge in [0.25, 0.3) is 5.69 Å². The van der Waals surface area contributed by atoms with Crippen molar-refractivity contribution in [3.8, 4) is 0 Å². The average molecular weight is 308 g/mol. The van der Waals surface area contributed by atoms with Crippen molar-refractivity contribution in [3.63, 3.8) is 0 Å². The second-order valence-electron chi connectivity index (χ2n) is 6.56. The van der Waals surface area contributed by atoms with E-state index in [4.69, 9.17) is 0 Å². The molecular weight excluding hydrogens is 284 g/mol. The highest BCUT2D eigenvalue weighted by Gasteiger charge is 2.30. The Hall–Kier alpha value is -1.95. The molecule has 0 unspecified atom stereocenters. The van der Waals surface area contributed by atoms with Gasteiger partial charge in [-0.3, -0.25) is 14.9 Å². The lowest BCUT2D eigenvalue weighted by molar-refractivity contribution is -0.385. The first-order valence-corrected chi connectivity index (χ1v) is 7.19. The Kier molecular flexibility index (Phi) is 5.65. The molecule has 1 atom stereocenters. The summed E-state index contributed by atoms with van der Waals surface area (Å²) in [4.78, 5) is 24.5. The van der Waals surface area contributed by atoms with Crippen molar-refractivity contribution >= 4 is 11.6 Å². The lowest BCUT2D eigenvalue weighted by atomic mass is 9.86. The number of aliphatic hydroxyl groups is 1. The lowest BCUT2D eigenvalue weighted by Crippen LogP contribution is -2.47. The van der Waals surface area contributed by atoms with E-state index < -0.39 is 4.92 Å². The fraction of sp³-hybridized carbons (Fsp3) is 0.562. The molecule has 1 aromatic carbocycles. The van der Waals surface area contributed by atoms with Crippen LogP contribution in [0.4, 0.5) is 5.69 Å². The van der Waals surface area contributed by atoms with Gasteiger partial charge in [0, 0.05) is 18.7 Å². The largest absolute Gasteiger partial charge is 0.394 e. The Balaban J connectivity index is 2.98. The Bertz CT molecular complexity index is 564. The summed E-state index contributed by atoms with van der Waals surface area (Å²) in [6.07, 6.45) is 0.0800. The van der Waals surface area contributed by atoms with E-state index >= 15 is 0 Å². The van der Waals surface area contributed by atoms with E-state index in [0.717, 1.165) is 0 Å². The maximum absolute atomic E-state index is 12.4. The zero-order valence-electron chi connectivity index (χ0n) is 13.8. The molecule has 0 heterocycles. The maximum atomic E-state index is 12.4. The van der Waals surface area contributed by atoms with Crippen LogP contribution >= 0.6 is 0 Å². The van der Waals surface area contributed by atoms with Crippen LogP contribution in [0.25, 0.3) is 0 Å². The number of nitrogens with zero attached hydrogens (tertiary/aromatic N) is 2. The van der Waals surface area contributed by atoms with E-state index in [1.54, 1.807) is 26.1 Å². The van der Waals surface area contributed by atoms with E-state index in [9.17, 15) is 20.0 Å². The first-order chi connectivity index (χ1) is 10.1. The van der Waals surface area contributed by atoms with Crippen molar-refractivity contribution in [2.24, 2.45) is 5.41 Å². The van der Waals surface area contributed by atoms with Crippen LogP contribution in [0.15, 0.2) is 18.2 Å². The standard InChI is InChI=1S/C16H24N2O4/c1-11-12(7-6-8-13(11)18(21)22)9-15(20)17(5)14(10-19)16(2,3)4/h6-8,14,19H,9-10H2,1-5H3/t14-/m0/s1. The molecule has 1 aromatic rings. The van der Waals surface area contributed by atoms with Gasteiger partial charge in [0.2, 0.25) is 5.91 Å². The summed E-state index contributed by atoms with van der Waals surface area (Å²) < 4.78 is 0. The average Bonchev–Trinajstić information content (AvgIpc) is 2.39. The molecule has 6 nitrogen and oxygen atoms in total. The Morgan fingerprint density at radius 2 is 2.00 bits per heavy atom. The van der Waals surface area contributed by atoms with Crippen LogP contribution in [0.3, 0.4) is 0 Å². The molecule has 0 aromatic heterocycles. The van der Waals surface area contributed by atoms with Crippen LogP contribution in [0.2, 0.25) is 0 Å². The summed E-state index contributed by atoms with van der Waals surface area (Å²) in [5.41, 5.74) is 0.904. The molecule has 0 bridgehead atoms. The number of aliphatic hydroxyl groups excluding tert-OH is 1. The first-order valence-electron chi connectivity index (χ1n) is 7.19. The minimum Gasteiger partial charge on any atom is -0.394 e. The molecule has 0 spiro atoms. The van der Waals surface area contributed by atoms with Crippen molar-refractivity contribution in [2.45, 2.75) is 40.2 Å². The highest BCUT2D eigenvalue weighted by Crippen LogP contribution is 2.25. The van der Waals surface area contributed by atoms with Crippen LogP contribution in [0.1, 0.15) is 31.9 Å². The Morgan fingerprint density at radius 1 is 1.41 bits per heavy atom. The van der Waals surface area contributed by atoms with Crippen LogP contribution in [0.5, 0.6) is 0 Å². The zero-order valence-corrected chi connectivity index (χ0v) is 13.8. The molecule has 0 saturated heterocycles. The number of carbonyl (C=O) groups excluding carboxylic acids is 1. The molecule has 0 aliphatic heterocycles. The highest BCUT2D eigenvalue weighted by molar-refractivity contribution is 5.79. The molecule has 0 aliphatic rings. The molecule has 0 radical (unpaired) electrons. The van der Waals surface area contributed by atoms with Crippen LogP contribution in [-0.4, -0.2) is 40.5 Å². The minimum absolute atomic E-state index is 0.0162. The number of rotatable bonds is 5. The number of hydrogen-bond acceptors (Lipinski definition) is 4. The molecule has 6 heteroatoms. The quantitative estimate of drug-likeness (QED) is 0.668. The normalized spacial score (nSPS) is 12.8. The molecular formula is C16H24N2O4. The second-order valence-corrected chi connectivity index (χ2v) is 6.56. The van der Waals surface area contributed by atoms with Crippen LogP contribution in [0, 0.1) is 22.5 Å². The maximum Gasteiger partial charge on any atom is 0.272 e. The fourth-order valence-electron chi connectivity index (χ4n) is 2.50. The van der Waals surface area contributed by atoms with Crippen LogP contribution in [-0.2, 0) is 11.2 Å². The van der Waals surface area contributed by atoms with E-state index in [0.29, 0.717) is 11.1 Å². The van der Waals surface area contributed by atoms with Gasteiger partial charge in [-0.05, 0) is 17.9 Å². The summed E-state index contributed by atoms with van der Waals surface area (Å²) in [5.74, 6) is -0.169. The molecule has 0 aliphatic carbocycles. The van der Waals surface area contributed by atoms with Gasteiger partial charge in [0.1, 0.15) is 0 Å². The third kappa shape index (κ3) is 4.04. The number of benzene rings is 1. The molecule has 0 fully saturated rings. The topological polar surface area (TPSA) is 83.7 Å². The second kappa shape index (κ2) is 6.87. The molecule has 22 heavy (non-hydrogen) atoms. The zero-order chi connectivity index (χ0) is 17.1. The van der Waals surface area contributed by atoms with Crippen molar-refractivity contribution in [1.29, 1.82) is 0 Å². The van der Waals surface area contributed by atoms with Crippen LogP contribution < -0.4 is 0 Å². The summed E-state index contributed by atoms with van der Waals surface area (Å²) in [5, 5.41) is 20.5. The monoisotopic (exact) mass is 308 g/mol. The predicted molar refractivity (Wildman–Crippen MR) is 84.6 cm³/mol. The number of hydrogen-bond donors (Lipinski definition) is 1. The third-order valence-corrected chi connectivity index (χ3v) is 3.99. The third-order valence-electron chi connectivity index (χ3n) is 3.99. The van der Waals surface area contributed by atoms with Crippen molar-refractivity contribution in [2.75, 3.05) is 13.7 Å². The lowest BCUT2D eigenvalue weighted by Gasteiger charge is -2.37. The van der Waals surface area contributed by atoms with E-state index in [1.807, 2.05) is 20.8 Å². The number of carbonyl (C=O) groups is 1. The van der Waals surface area contributed by atoms with Gasteiger partial charge >= 0.3 is 0 Å². The number of likely N-dealkylation sites (N-methyl/N-ethyl adjacent to an activating group) is 1. The summed E-state index contributed by atoms with van der Waals surface area (Å²) in [6.45, 7) is 7.39. The van der Waals surface area contributed by atoms with Crippen molar-refractivity contribution in [3.05, 3.63) is 39.4 Å². The van der Waals surface area contributed by atoms with Gasteiger partial charge in [-0.15, -0.1) is 0 Å². The summed E-state index contributed by atoms with van der Waals surface area (Å²) in [7, 11) is 1.65. The minimum atomic E-state index is -0.446. The first kappa shape index (κ1) is 18.1.